The van der Waals surface area contributed by atoms with Crippen LogP contribution in [0.3, 0.4) is 0 Å². The number of ketones is 1. The van der Waals surface area contributed by atoms with E-state index < -0.39 is 5.92 Å². The molecule has 2 nitrogen and oxygen atoms in total. The van der Waals surface area contributed by atoms with Crippen LogP contribution in [0.25, 0.3) is 0 Å². The molecule has 0 aliphatic carbocycles. The summed E-state index contributed by atoms with van der Waals surface area (Å²) in [6.45, 7) is 5.88. The molecule has 0 heterocycles. The number of nitriles is 1. The lowest BCUT2D eigenvalue weighted by atomic mass is 9.90. The Morgan fingerprint density at radius 1 is 1.10 bits per heavy atom. The molecule has 0 N–H and O–H groups in total. The van der Waals surface area contributed by atoms with Crippen molar-refractivity contribution in [1.29, 1.82) is 5.26 Å². The fourth-order valence-electron chi connectivity index (χ4n) is 2.20. The highest BCUT2D eigenvalue weighted by atomic mass is 35.5. The normalized spacial score (nSPS) is 11.8. The highest BCUT2D eigenvalue weighted by molar-refractivity contribution is 6.34. The summed E-state index contributed by atoms with van der Waals surface area (Å²) in [5.74, 6) is -1.09. The minimum atomic E-state index is -0.829. The van der Waals surface area contributed by atoms with Crippen molar-refractivity contribution in [2.75, 3.05) is 0 Å². The SMILES string of the molecule is Cc1ccc(C(=O)C(C#N)c2ccc(C)c(C)c2)c(Cl)c1. The molecule has 0 aromatic heterocycles. The third kappa shape index (κ3) is 3.15. The van der Waals surface area contributed by atoms with Crippen LogP contribution in [0.1, 0.15) is 38.5 Å². The molecule has 21 heavy (non-hydrogen) atoms. The molecule has 0 radical (unpaired) electrons. The number of benzene rings is 2. The topological polar surface area (TPSA) is 40.9 Å². The Hall–Kier alpha value is -2.11. The molecule has 106 valence electrons. The average molecular weight is 298 g/mol. The van der Waals surface area contributed by atoms with Crippen molar-refractivity contribution < 1.29 is 4.79 Å². The van der Waals surface area contributed by atoms with Gasteiger partial charge in [-0.15, -0.1) is 0 Å². The van der Waals surface area contributed by atoms with Gasteiger partial charge in [0.15, 0.2) is 5.78 Å². The van der Waals surface area contributed by atoms with Gasteiger partial charge in [-0.3, -0.25) is 4.79 Å². The van der Waals surface area contributed by atoms with E-state index in [1.54, 1.807) is 12.1 Å². The molecular weight excluding hydrogens is 282 g/mol. The summed E-state index contributed by atoms with van der Waals surface area (Å²) in [6.07, 6.45) is 0. The van der Waals surface area contributed by atoms with Crippen LogP contribution >= 0.6 is 11.6 Å². The summed E-state index contributed by atoms with van der Waals surface area (Å²) >= 11 is 6.14. The van der Waals surface area contributed by atoms with E-state index in [4.69, 9.17) is 11.6 Å². The number of nitrogens with zero attached hydrogens (tertiary/aromatic N) is 1. The second-order valence-electron chi connectivity index (χ2n) is 5.25. The van der Waals surface area contributed by atoms with Gasteiger partial charge in [0.05, 0.1) is 11.1 Å². The third-order valence-electron chi connectivity index (χ3n) is 3.65. The number of hydrogen-bond donors (Lipinski definition) is 0. The van der Waals surface area contributed by atoms with Gasteiger partial charge in [0.1, 0.15) is 5.92 Å². The van der Waals surface area contributed by atoms with Crippen molar-refractivity contribution in [3.63, 3.8) is 0 Å². The monoisotopic (exact) mass is 297 g/mol. The first-order valence-electron chi connectivity index (χ1n) is 6.71. The first-order valence-corrected chi connectivity index (χ1v) is 7.09. The molecule has 2 aromatic carbocycles. The van der Waals surface area contributed by atoms with E-state index in [1.807, 2.05) is 45.0 Å². The molecule has 1 unspecified atom stereocenters. The van der Waals surface area contributed by atoms with Crippen LogP contribution in [0, 0.1) is 32.1 Å². The highest BCUT2D eigenvalue weighted by Crippen LogP contribution is 2.27. The molecule has 0 aliphatic heterocycles. The Bertz CT molecular complexity index is 743. The van der Waals surface area contributed by atoms with E-state index in [0.29, 0.717) is 16.1 Å². The summed E-state index contributed by atoms with van der Waals surface area (Å²) in [4.78, 5) is 12.6. The van der Waals surface area contributed by atoms with E-state index in [0.717, 1.165) is 16.7 Å². The largest absolute Gasteiger partial charge is 0.292 e. The molecule has 0 saturated carbocycles. The zero-order valence-electron chi connectivity index (χ0n) is 12.3. The van der Waals surface area contributed by atoms with Crippen LogP contribution in [-0.4, -0.2) is 5.78 Å². The summed E-state index contributed by atoms with van der Waals surface area (Å²) in [6, 6.07) is 13.0. The van der Waals surface area contributed by atoms with Crippen molar-refractivity contribution in [3.8, 4) is 6.07 Å². The molecule has 0 bridgehead atoms. The molecular formula is C18H16ClNO. The van der Waals surface area contributed by atoms with E-state index in [2.05, 4.69) is 6.07 Å². The van der Waals surface area contributed by atoms with Gasteiger partial charge in [-0.05, 0) is 55.2 Å². The summed E-state index contributed by atoms with van der Waals surface area (Å²) in [5, 5.41) is 9.80. The minimum Gasteiger partial charge on any atom is -0.292 e. The fraction of sp³-hybridized carbons (Fsp3) is 0.222. The van der Waals surface area contributed by atoms with Crippen molar-refractivity contribution in [1.82, 2.24) is 0 Å². The number of Topliss-reactive ketones (excluding diaryl/α,β-unsaturated/α-hetero) is 1. The van der Waals surface area contributed by atoms with E-state index in [-0.39, 0.29) is 5.78 Å². The molecule has 2 rings (SSSR count). The molecule has 0 aliphatic rings. The van der Waals surface area contributed by atoms with Crippen molar-refractivity contribution in [3.05, 3.63) is 69.2 Å². The van der Waals surface area contributed by atoms with Crippen LogP contribution in [0.2, 0.25) is 5.02 Å². The highest BCUT2D eigenvalue weighted by Gasteiger charge is 2.24. The van der Waals surface area contributed by atoms with Crippen LogP contribution in [0.4, 0.5) is 0 Å². The number of hydrogen-bond acceptors (Lipinski definition) is 2. The average Bonchev–Trinajstić information content (AvgIpc) is 2.43. The molecule has 0 fully saturated rings. The van der Waals surface area contributed by atoms with Crippen LogP contribution in [0.15, 0.2) is 36.4 Å². The van der Waals surface area contributed by atoms with Crippen LogP contribution in [-0.2, 0) is 0 Å². The van der Waals surface area contributed by atoms with Crippen LogP contribution < -0.4 is 0 Å². The number of halogens is 1. The lowest BCUT2D eigenvalue weighted by Crippen LogP contribution is -2.12. The van der Waals surface area contributed by atoms with Gasteiger partial charge in [-0.2, -0.15) is 5.26 Å². The molecule has 3 heteroatoms. The van der Waals surface area contributed by atoms with Crippen molar-refractivity contribution >= 4 is 17.4 Å². The molecule has 0 spiro atoms. The maximum atomic E-state index is 12.6. The van der Waals surface area contributed by atoms with Gasteiger partial charge in [0.2, 0.25) is 0 Å². The second-order valence-corrected chi connectivity index (χ2v) is 5.66. The molecule has 1 atom stereocenters. The zero-order valence-corrected chi connectivity index (χ0v) is 13.0. The summed E-state index contributed by atoms with van der Waals surface area (Å²) in [7, 11) is 0. The van der Waals surface area contributed by atoms with Gasteiger partial charge in [-0.25, -0.2) is 0 Å². The van der Waals surface area contributed by atoms with Gasteiger partial charge in [0.25, 0.3) is 0 Å². The molecule has 0 amide bonds. The number of carbonyl (C=O) groups excluding carboxylic acids is 1. The summed E-state index contributed by atoms with van der Waals surface area (Å²) in [5.41, 5.74) is 4.29. The van der Waals surface area contributed by atoms with E-state index in [9.17, 15) is 10.1 Å². The zero-order chi connectivity index (χ0) is 15.6. The van der Waals surface area contributed by atoms with Crippen molar-refractivity contribution in [2.24, 2.45) is 0 Å². The standard InChI is InChI=1S/C18H16ClNO/c1-11-4-7-15(17(19)8-11)18(21)16(10-20)14-6-5-12(2)13(3)9-14/h4-9,16H,1-3H3. The predicted octanol–water partition coefficient (Wildman–Crippen LogP) is 4.76. The Morgan fingerprint density at radius 2 is 1.81 bits per heavy atom. The Kier molecular flexibility index (Phi) is 4.45. The van der Waals surface area contributed by atoms with Crippen LogP contribution in [0.5, 0.6) is 0 Å². The molecule has 2 aromatic rings. The summed E-state index contributed by atoms with van der Waals surface area (Å²) < 4.78 is 0. The minimum absolute atomic E-state index is 0.259. The van der Waals surface area contributed by atoms with Gasteiger partial charge < -0.3 is 0 Å². The van der Waals surface area contributed by atoms with Gasteiger partial charge >= 0.3 is 0 Å². The Labute approximate surface area is 130 Å². The Balaban J connectivity index is 2.43. The fourth-order valence-corrected chi connectivity index (χ4v) is 2.53. The first-order chi connectivity index (χ1) is 9.93. The number of aryl methyl sites for hydroxylation is 3. The number of carbonyl (C=O) groups is 1. The predicted molar refractivity (Wildman–Crippen MR) is 84.8 cm³/mol. The lowest BCUT2D eigenvalue weighted by molar-refractivity contribution is 0.0979. The molecule has 0 saturated heterocycles. The van der Waals surface area contributed by atoms with E-state index in [1.165, 1.54) is 0 Å². The first kappa shape index (κ1) is 15.3. The van der Waals surface area contributed by atoms with E-state index >= 15 is 0 Å². The quantitative estimate of drug-likeness (QED) is 0.767. The maximum Gasteiger partial charge on any atom is 0.185 e. The lowest BCUT2D eigenvalue weighted by Gasteiger charge is -2.12. The van der Waals surface area contributed by atoms with Gasteiger partial charge in [-0.1, -0.05) is 35.9 Å². The maximum absolute atomic E-state index is 12.6. The number of rotatable bonds is 3. The van der Waals surface area contributed by atoms with Gasteiger partial charge in [0, 0.05) is 5.56 Å². The third-order valence-corrected chi connectivity index (χ3v) is 3.96. The Morgan fingerprint density at radius 3 is 2.38 bits per heavy atom. The second kappa shape index (κ2) is 6.11. The smallest absolute Gasteiger partial charge is 0.185 e. The van der Waals surface area contributed by atoms with Crippen molar-refractivity contribution in [2.45, 2.75) is 26.7 Å².